The first-order valence-corrected chi connectivity index (χ1v) is 5.69. The van der Waals surface area contributed by atoms with Crippen molar-refractivity contribution < 1.29 is 0 Å². The van der Waals surface area contributed by atoms with Crippen LogP contribution in [0.3, 0.4) is 0 Å². The zero-order valence-corrected chi connectivity index (χ0v) is 9.88. The molecule has 0 amide bonds. The third-order valence-corrected chi connectivity index (χ3v) is 3.00. The van der Waals surface area contributed by atoms with Gasteiger partial charge in [-0.1, -0.05) is 6.07 Å². The maximum Gasteiger partial charge on any atom is 0.101 e. The van der Waals surface area contributed by atoms with E-state index in [9.17, 15) is 5.26 Å². The van der Waals surface area contributed by atoms with Crippen molar-refractivity contribution in [1.29, 1.82) is 5.26 Å². The Labute approximate surface area is 96.7 Å². The summed E-state index contributed by atoms with van der Waals surface area (Å²) in [6.45, 7) is 8.09. The summed E-state index contributed by atoms with van der Waals surface area (Å²) in [4.78, 5) is 2.31. The van der Waals surface area contributed by atoms with Gasteiger partial charge in [0, 0.05) is 26.2 Å². The SMILES string of the molecule is Cc1cc(C)c(N2CCNCC2)c(C#N)c1. The van der Waals surface area contributed by atoms with Crippen LogP contribution in [-0.2, 0) is 0 Å². The van der Waals surface area contributed by atoms with Gasteiger partial charge in [0.15, 0.2) is 0 Å². The van der Waals surface area contributed by atoms with Crippen molar-refractivity contribution in [2.45, 2.75) is 13.8 Å². The third-order valence-electron chi connectivity index (χ3n) is 3.00. The lowest BCUT2D eigenvalue weighted by molar-refractivity contribution is 0.588. The maximum absolute atomic E-state index is 9.21. The van der Waals surface area contributed by atoms with Gasteiger partial charge in [-0.05, 0) is 31.0 Å². The lowest BCUT2D eigenvalue weighted by Crippen LogP contribution is -2.44. The third kappa shape index (κ3) is 2.02. The van der Waals surface area contributed by atoms with Gasteiger partial charge in [0.2, 0.25) is 0 Å². The molecule has 0 radical (unpaired) electrons. The number of nitrogens with zero attached hydrogens (tertiary/aromatic N) is 2. The van der Waals surface area contributed by atoms with Crippen LogP contribution in [0.2, 0.25) is 0 Å². The highest BCUT2D eigenvalue weighted by Crippen LogP contribution is 2.26. The van der Waals surface area contributed by atoms with Gasteiger partial charge in [-0.15, -0.1) is 0 Å². The van der Waals surface area contributed by atoms with Crippen molar-refractivity contribution in [2.75, 3.05) is 31.1 Å². The number of nitrogens with one attached hydrogen (secondary N) is 1. The normalized spacial score (nSPS) is 15.9. The molecule has 1 aliphatic heterocycles. The highest BCUT2D eigenvalue weighted by Gasteiger charge is 2.16. The van der Waals surface area contributed by atoms with Crippen LogP contribution in [0.1, 0.15) is 16.7 Å². The Balaban J connectivity index is 2.42. The molecule has 2 rings (SSSR count). The van der Waals surface area contributed by atoms with Crippen molar-refractivity contribution in [1.82, 2.24) is 5.32 Å². The van der Waals surface area contributed by atoms with E-state index in [1.807, 2.05) is 13.0 Å². The van der Waals surface area contributed by atoms with E-state index in [4.69, 9.17) is 0 Å². The van der Waals surface area contributed by atoms with Gasteiger partial charge in [0.05, 0.1) is 11.3 Å². The molecule has 0 aliphatic carbocycles. The number of benzene rings is 1. The summed E-state index contributed by atoms with van der Waals surface area (Å²) in [6, 6.07) is 6.44. The van der Waals surface area contributed by atoms with Gasteiger partial charge >= 0.3 is 0 Å². The summed E-state index contributed by atoms with van der Waals surface area (Å²) in [5.41, 5.74) is 4.29. The Morgan fingerprint density at radius 1 is 1.25 bits per heavy atom. The summed E-state index contributed by atoms with van der Waals surface area (Å²) >= 11 is 0. The van der Waals surface area contributed by atoms with E-state index in [0.29, 0.717) is 0 Å². The lowest BCUT2D eigenvalue weighted by atomic mass is 10.0. The molecule has 0 atom stereocenters. The molecule has 1 heterocycles. The minimum absolute atomic E-state index is 0.805. The predicted octanol–water partition coefficient (Wildman–Crippen LogP) is 1.58. The van der Waals surface area contributed by atoms with Gasteiger partial charge in [0.1, 0.15) is 6.07 Å². The standard InChI is InChI=1S/C13H17N3/c1-10-7-11(2)13(12(8-10)9-14)16-5-3-15-4-6-16/h7-8,15H,3-6H2,1-2H3. The molecule has 1 saturated heterocycles. The Morgan fingerprint density at radius 3 is 2.56 bits per heavy atom. The number of hydrogen-bond acceptors (Lipinski definition) is 3. The smallest absolute Gasteiger partial charge is 0.101 e. The summed E-state index contributed by atoms with van der Waals surface area (Å²) in [7, 11) is 0. The molecule has 0 aromatic heterocycles. The topological polar surface area (TPSA) is 39.1 Å². The molecule has 16 heavy (non-hydrogen) atoms. The van der Waals surface area contributed by atoms with E-state index in [1.54, 1.807) is 0 Å². The van der Waals surface area contributed by atoms with E-state index in [-0.39, 0.29) is 0 Å². The number of rotatable bonds is 1. The van der Waals surface area contributed by atoms with Gasteiger partial charge < -0.3 is 10.2 Å². The van der Waals surface area contributed by atoms with Crippen LogP contribution in [0.15, 0.2) is 12.1 Å². The summed E-state index contributed by atoms with van der Waals surface area (Å²) in [5.74, 6) is 0. The van der Waals surface area contributed by atoms with Crippen molar-refractivity contribution in [3.8, 4) is 6.07 Å². The van der Waals surface area contributed by atoms with E-state index >= 15 is 0 Å². The second-order valence-corrected chi connectivity index (χ2v) is 4.33. The van der Waals surface area contributed by atoms with E-state index in [1.165, 1.54) is 5.56 Å². The molecule has 1 fully saturated rings. The molecule has 3 nitrogen and oxygen atoms in total. The monoisotopic (exact) mass is 215 g/mol. The van der Waals surface area contributed by atoms with Crippen LogP contribution < -0.4 is 10.2 Å². The van der Waals surface area contributed by atoms with Crippen molar-refractivity contribution in [3.05, 3.63) is 28.8 Å². The minimum atomic E-state index is 0.805. The second kappa shape index (κ2) is 4.54. The van der Waals surface area contributed by atoms with Crippen LogP contribution >= 0.6 is 0 Å². The molecule has 1 aromatic rings. The van der Waals surface area contributed by atoms with Gasteiger partial charge in [0.25, 0.3) is 0 Å². The fraction of sp³-hybridized carbons (Fsp3) is 0.462. The minimum Gasteiger partial charge on any atom is -0.368 e. The zero-order chi connectivity index (χ0) is 11.5. The van der Waals surface area contributed by atoms with Gasteiger partial charge in [-0.25, -0.2) is 0 Å². The fourth-order valence-electron chi connectivity index (χ4n) is 2.35. The summed E-state index contributed by atoms with van der Waals surface area (Å²) in [5, 5.41) is 12.5. The Hall–Kier alpha value is -1.53. The molecular weight excluding hydrogens is 198 g/mol. The van der Waals surface area contributed by atoms with Crippen LogP contribution in [0, 0.1) is 25.2 Å². The predicted molar refractivity (Wildman–Crippen MR) is 65.7 cm³/mol. The second-order valence-electron chi connectivity index (χ2n) is 4.33. The average molecular weight is 215 g/mol. The van der Waals surface area contributed by atoms with Crippen LogP contribution in [0.4, 0.5) is 5.69 Å². The number of hydrogen-bond donors (Lipinski definition) is 1. The van der Waals surface area contributed by atoms with Crippen molar-refractivity contribution in [2.24, 2.45) is 0 Å². The highest BCUT2D eigenvalue weighted by molar-refractivity contribution is 5.65. The number of piperazine rings is 1. The molecule has 1 aliphatic rings. The largest absolute Gasteiger partial charge is 0.368 e. The first-order chi connectivity index (χ1) is 7.72. The first-order valence-electron chi connectivity index (χ1n) is 5.69. The molecule has 1 N–H and O–H groups in total. The van der Waals surface area contributed by atoms with Crippen molar-refractivity contribution in [3.63, 3.8) is 0 Å². The Morgan fingerprint density at radius 2 is 1.94 bits per heavy atom. The molecule has 1 aromatic carbocycles. The van der Waals surface area contributed by atoms with Crippen LogP contribution in [0.25, 0.3) is 0 Å². The molecule has 84 valence electrons. The summed E-state index contributed by atoms with van der Waals surface area (Å²) in [6.07, 6.45) is 0. The number of anilines is 1. The average Bonchev–Trinajstić information content (AvgIpc) is 2.29. The fourth-order valence-corrected chi connectivity index (χ4v) is 2.35. The molecule has 0 saturated carbocycles. The van der Waals surface area contributed by atoms with Crippen molar-refractivity contribution >= 4 is 5.69 Å². The Kier molecular flexibility index (Phi) is 3.12. The highest BCUT2D eigenvalue weighted by atomic mass is 15.2. The van der Waals surface area contributed by atoms with Gasteiger partial charge in [-0.2, -0.15) is 5.26 Å². The van der Waals surface area contributed by atoms with E-state index in [0.717, 1.165) is 43.0 Å². The first kappa shape index (κ1) is 11.0. The molecular formula is C13H17N3. The van der Waals surface area contributed by atoms with Gasteiger partial charge in [-0.3, -0.25) is 0 Å². The molecule has 0 bridgehead atoms. The van der Waals surface area contributed by atoms with E-state index in [2.05, 4.69) is 29.3 Å². The maximum atomic E-state index is 9.21. The Bertz CT molecular complexity index is 426. The lowest BCUT2D eigenvalue weighted by Gasteiger charge is -2.31. The number of aryl methyl sites for hydroxylation is 2. The van der Waals surface area contributed by atoms with E-state index < -0.39 is 0 Å². The van der Waals surface area contributed by atoms with Crippen LogP contribution in [-0.4, -0.2) is 26.2 Å². The molecule has 3 heteroatoms. The van der Waals surface area contributed by atoms with Crippen LogP contribution in [0.5, 0.6) is 0 Å². The zero-order valence-electron chi connectivity index (χ0n) is 9.88. The number of nitriles is 1. The summed E-state index contributed by atoms with van der Waals surface area (Å²) < 4.78 is 0. The molecule has 0 unspecified atom stereocenters. The quantitative estimate of drug-likeness (QED) is 0.773. The molecule has 0 spiro atoms.